The number of fused-ring (bicyclic) bond motifs is 1. The molecule has 104 valence electrons. The van der Waals surface area contributed by atoms with Crippen LogP contribution in [0.3, 0.4) is 0 Å². The summed E-state index contributed by atoms with van der Waals surface area (Å²) in [5.41, 5.74) is 0.456. The Balaban J connectivity index is 1.76. The number of nitrogens with one attached hydrogen (secondary N) is 1. The Kier molecular flexibility index (Phi) is 3.68. The lowest BCUT2D eigenvalue weighted by Gasteiger charge is -2.53. The van der Waals surface area contributed by atoms with Gasteiger partial charge in [0.05, 0.1) is 0 Å². The average Bonchev–Trinajstić information content (AvgIpc) is 2.38. The molecule has 2 saturated heterocycles. The van der Waals surface area contributed by atoms with Crippen LogP contribution in [0.4, 0.5) is 0 Å². The van der Waals surface area contributed by atoms with E-state index in [1.54, 1.807) is 0 Å². The lowest BCUT2D eigenvalue weighted by molar-refractivity contribution is -0.0302. The molecule has 2 heterocycles. The van der Waals surface area contributed by atoms with Crippen molar-refractivity contribution < 1.29 is 0 Å². The summed E-state index contributed by atoms with van der Waals surface area (Å²) in [7, 11) is 0. The summed E-state index contributed by atoms with van der Waals surface area (Å²) in [4.78, 5) is 2.94. The molecule has 0 aromatic rings. The summed E-state index contributed by atoms with van der Waals surface area (Å²) in [5.74, 6) is 1.03. The minimum Gasteiger partial charge on any atom is -0.316 e. The summed E-state index contributed by atoms with van der Waals surface area (Å²) in [6, 6.07) is 1.75. The molecule has 1 aliphatic carbocycles. The van der Waals surface area contributed by atoms with E-state index in [-0.39, 0.29) is 0 Å². The van der Waals surface area contributed by atoms with Gasteiger partial charge in [-0.1, -0.05) is 26.7 Å². The fourth-order valence-electron chi connectivity index (χ4n) is 4.82. The van der Waals surface area contributed by atoms with E-state index in [1.807, 2.05) is 0 Å². The van der Waals surface area contributed by atoms with E-state index in [1.165, 1.54) is 64.6 Å². The third kappa shape index (κ3) is 2.34. The molecule has 0 aromatic carbocycles. The Morgan fingerprint density at radius 3 is 2.61 bits per heavy atom. The lowest BCUT2D eigenvalue weighted by Crippen LogP contribution is -2.60. The number of likely N-dealkylation sites (tertiary alicyclic amines) is 1. The summed E-state index contributed by atoms with van der Waals surface area (Å²) in [6.45, 7) is 8.73. The van der Waals surface area contributed by atoms with Gasteiger partial charge in [-0.2, -0.15) is 0 Å². The van der Waals surface area contributed by atoms with Crippen LogP contribution in [-0.2, 0) is 0 Å². The Morgan fingerprint density at radius 1 is 1.00 bits per heavy atom. The predicted molar refractivity (Wildman–Crippen MR) is 76.7 cm³/mol. The van der Waals surface area contributed by atoms with Crippen LogP contribution in [0.5, 0.6) is 0 Å². The van der Waals surface area contributed by atoms with E-state index >= 15 is 0 Å². The van der Waals surface area contributed by atoms with Crippen molar-refractivity contribution in [3.8, 4) is 0 Å². The van der Waals surface area contributed by atoms with Crippen LogP contribution in [0.15, 0.2) is 0 Å². The lowest BCUT2D eigenvalue weighted by atomic mass is 9.73. The van der Waals surface area contributed by atoms with Crippen molar-refractivity contribution in [2.75, 3.05) is 19.6 Å². The highest BCUT2D eigenvalue weighted by Crippen LogP contribution is 2.40. The van der Waals surface area contributed by atoms with Crippen LogP contribution in [0.2, 0.25) is 0 Å². The second kappa shape index (κ2) is 5.13. The first-order valence-corrected chi connectivity index (χ1v) is 8.15. The van der Waals surface area contributed by atoms with E-state index in [2.05, 4.69) is 24.1 Å². The molecule has 2 heteroatoms. The summed E-state index contributed by atoms with van der Waals surface area (Å²) in [5, 5.41) is 3.59. The highest BCUT2D eigenvalue weighted by atomic mass is 15.2. The van der Waals surface area contributed by atoms with Gasteiger partial charge in [0, 0.05) is 18.6 Å². The molecular weight excluding hydrogens is 220 g/mol. The minimum absolute atomic E-state index is 0.456. The number of piperidine rings is 2. The molecule has 1 unspecified atom stereocenters. The van der Waals surface area contributed by atoms with E-state index in [0.29, 0.717) is 5.41 Å². The summed E-state index contributed by atoms with van der Waals surface area (Å²) >= 11 is 0. The predicted octanol–water partition coefficient (Wildman–Crippen LogP) is 3.03. The topological polar surface area (TPSA) is 15.3 Å². The van der Waals surface area contributed by atoms with Gasteiger partial charge in [0.1, 0.15) is 0 Å². The summed E-state index contributed by atoms with van der Waals surface area (Å²) in [6.07, 6.45) is 10.3. The van der Waals surface area contributed by atoms with Crippen molar-refractivity contribution in [1.29, 1.82) is 0 Å². The maximum Gasteiger partial charge on any atom is 0.0174 e. The third-order valence-electron chi connectivity index (χ3n) is 5.76. The molecule has 3 atom stereocenters. The molecule has 0 radical (unpaired) electrons. The van der Waals surface area contributed by atoms with Crippen molar-refractivity contribution in [3.05, 3.63) is 0 Å². The second-order valence-corrected chi connectivity index (χ2v) is 7.46. The van der Waals surface area contributed by atoms with E-state index in [4.69, 9.17) is 0 Å². The van der Waals surface area contributed by atoms with Gasteiger partial charge in [0.25, 0.3) is 0 Å². The number of hydrogen-bond acceptors (Lipinski definition) is 2. The van der Waals surface area contributed by atoms with Gasteiger partial charge in [0.2, 0.25) is 0 Å². The van der Waals surface area contributed by atoms with Gasteiger partial charge in [-0.3, -0.25) is 4.90 Å². The van der Waals surface area contributed by atoms with Crippen molar-refractivity contribution in [2.24, 2.45) is 11.3 Å². The Hall–Kier alpha value is -0.0800. The molecule has 2 aliphatic heterocycles. The van der Waals surface area contributed by atoms with Crippen LogP contribution in [-0.4, -0.2) is 36.6 Å². The van der Waals surface area contributed by atoms with Crippen LogP contribution in [0, 0.1) is 11.3 Å². The number of hydrogen-bond donors (Lipinski definition) is 1. The first-order valence-electron chi connectivity index (χ1n) is 8.15. The molecule has 3 aliphatic rings. The molecule has 3 fully saturated rings. The zero-order chi connectivity index (χ0) is 12.6. The van der Waals surface area contributed by atoms with Gasteiger partial charge >= 0.3 is 0 Å². The van der Waals surface area contributed by atoms with Crippen molar-refractivity contribution in [2.45, 2.75) is 70.9 Å². The molecule has 1 saturated carbocycles. The zero-order valence-electron chi connectivity index (χ0n) is 12.3. The number of nitrogens with zero attached hydrogens (tertiary/aromatic N) is 1. The molecule has 1 N–H and O–H groups in total. The monoisotopic (exact) mass is 250 g/mol. The van der Waals surface area contributed by atoms with Crippen LogP contribution >= 0.6 is 0 Å². The molecule has 2 nitrogen and oxygen atoms in total. The van der Waals surface area contributed by atoms with E-state index in [0.717, 1.165) is 18.0 Å². The van der Waals surface area contributed by atoms with Gasteiger partial charge < -0.3 is 5.32 Å². The largest absolute Gasteiger partial charge is 0.316 e. The van der Waals surface area contributed by atoms with Crippen molar-refractivity contribution in [3.63, 3.8) is 0 Å². The average molecular weight is 250 g/mol. The Labute approximate surface area is 113 Å². The zero-order valence-corrected chi connectivity index (χ0v) is 12.3. The van der Waals surface area contributed by atoms with Gasteiger partial charge in [-0.25, -0.2) is 0 Å². The molecule has 0 spiro atoms. The van der Waals surface area contributed by atoms with Gasteiger partial charge in [-0.05, 0) is 56.5 Å². The van der Waals surface area contributed by atoms with Crippen LogP contribution in [0.25, 0.3) is 0 Å². The molecule has 0 amide bonds. The standard InChI is InChI=1S/C16H30N2/c1-16(2)12-17-10-9-15(16)18-11-5-7-13-6-3-4-8-14(13)18/h13-15,17H,3-12H2,1-2H3/t13-,14-,15?/m1/s1. The molecule has 0 bridgehead atoms. The minimum atomic E-state index is 0.456. The normalized spacial score (nSPS) is 41.3. The highest BCUT2D eigenvalue weighted by Gasteiger charge is 2.42. The SMILES string of the molecule is CC1(C)CNCCC1N1CCC[C@H]2CCCC[C@H]21. The molecule has 0 aromatic heterocycles. The fourth-order valence-corrected chi connectivity index (χ4v) is 4.82. The quantitative estimate of drug-likeness (QED) is 0.769. The first-order chi connectivity index (χ1) is 8.68. The highest BCUT2D eigenvalue weighted by molar-refractivity contribution is 4.98. The van der Waals surface area contributed by atoms with Gasteiger partial charge in [0.15, 0.2) is 0 Å². The Morgan fingerprint density at radius 2 is 1.78 bits per heavy atom. The second-order valence-electron chi connectivity index (χ2n) is 7.46. The molecule has 3 rings (SSSR count). The van der Waals surface area contributed by atoms with Crippen LogP contribution < -0.4 is 5.32 Å². The maximum atomic E-state index is 3.59. The fraction of sp³-hybridized carbons (Fsp3) is 1.00. The first kappa shape index (κ1) is 12.9. The van der Waals surface area contributed by atoms with Crippen molar-refractivity contribution >= 4 is 0 Å². The van der Waals surface area contributed by atoms with Gasteiger partial charge in [-0.15, -0.1) is 0 Å². The smallest absolute Gasteiger partial charge is 0.0174 e. The Bertz CT molecular complexity index is 285. The number of rotatable bonds is 1. The third-order valence-corrected chi connectivity index (χ3v) is 5.76. The van der Waals surface area contributed by atoms with Crippen molar-refractivity contribution in [1.82, 2.24) is 10.2 Å². The van der Waals surface area contributed by atoms with Crippen LogP contribution in [0.1, 0.15) is 58.8 Å². The molecule has 18 heavy (non-hydrogen) atoms. The molecular formula is C16H30N2. The maximum absolute atomic E-state index is 3.59. The van der Waals surface area contributed by atoms with E-state index < -0.39 is 0 Å². The van der Waals surface area contributed by atoms with E-state index in [9.17, 15) is 0 Å². The summed E-state index contributed by atoms with van der Waals surface area (Å²) < 4.78 is 0.